The van der Waals surface area contributed by atoms with Crippen LogP contribution in [0, 0.1) is 5.82 Å². The third-order valence-corrected chi connectivity index (χ3v) is 3.88. The van der Waals surface area contributed by atoms with Crippen LogP contribution in [0.4, 0.5) is 4.39 Å². The van der Waals surface area contributed by atoms with Gasteiger partial charge in [-0.1, -0.05) is 12.1 Å². The van der Waals surface area contributed by atoms with Crippen molar-refractivity contribution >= 4 is 11.9 Å². The summed E-state index contributed by atoms with van der Waals surface area (Å²) in [5, 5.41) is 2.84. The minimum absolute atomic E-state index is 0.158. The second-order valence-electron chi connectivity index (χ2n) is 5.81. The van der Waals surface area contributed by atoms with E-state index in [-0.39, 0.29) is 17.8 Å². The first-order valence-corrected chi connectivity index (χ1v) is 7.81. The molecule has 0 heterocycles. The molecule has 1 N–H and O–H groups in total. The lowest BCUT2D eigenvalue weighted by atomic mass is 10.1. The molecule has 0 fully saturated rings. The highest BCUT2D eigenvalue weighted by Crippen LogP contribution is 2.18. The molecule has 0 aliphatic heterocycles. The Hall–Kier alpha value is -2.73. The van der Waals surface area contributed by atoms with E-state index in [0.29, 0.717) is 17.7 Å². The Labute approximate surface area is 146 Å². The molecule has 0 radical (unpaired) electrons. The van der Waals surface area contributed by atoms with E-state index in [2.05, 4.69) is 10.1 Å². The van der Waals surface area contributed by atoms with Crippen molar-refractivity contribution in [2.75, 3.05) is 27.7 Å². The molecule has 5 nitrogen and oxygen atoms in total. The highest BCUT2D eigenvalue weighted by Gasteiger charge is 2.16. The van der Waals surface area contributed by atoms with Gasteiger partial charge in [-0.15, -0.1) is 0 Å². The number of carbonyl (C=O) groups excluding carboxylic acids is 2. The van der Waals surface area contributed by atoms with E-state index >= 15 is 0 Å². The number of carbonyl (C=O) groups is 2. The van der Waals surface area contributed by atoms with Gasteiger partial charge in [0.25, 0.3) is 5.91 Å². The number of rotatable bonds is 6. The molecule has 1 unspecified atom stereocenters. The van der Waals surface area contributed by atoms with Crippen LogP contribution in [0.15, 0.2) is 48.5 Å². The predicted molar refractivity (Wildman–Crippen MR) is 92.9 cm³/mol. The molecule has 132 valence electrons. The summed E-state index contributed by atoms with van der Waals surface area (Å²) in [6, 6.07) is 12.4. The van der Waals surface area contributed by atoms with Crippen LogP contribution in [0.5, 0.6) is 0 Å². The van der Waals surface area contributed by atoms with Crippen LogP contribution in [0.3, 0.4) is 0 Å². The lowest BCUT2D eigenvalue weighted by Crippen LogP contribution is -2.34. The number of methoxy groups -OCH3 is 1. The second kappa shape index (κ2) is 8.39. The Balaban J connectivity index is 2.05. The number of hydrogen-bond acceptors (Lipinski definition) is 4. The number of ether oxygens (including phenoxy) is 1. The topological polar surface area (TPSA) is 58.6 Å². The fraction of sp³-hybridized carbons (Fsp3) is 0.263. The lowest BCUT2D eigenvalue weighted by Gasteiger charge is -2.25. The van der Waals surface area contributed by atoms with Gasteiger partial charge in [0.1, 0.15) is 5.82 Å². The maximum absolute atomic E-state index is 13.4. The Morgan fingerprint density at radius 1 is 1.12 bits per heavy atom. The number of benzene rings is 2. The van der Waals surface area contributed by atoms with E-state index in [0.717, 1.165) is 5.56 Å². The fourth-order valence-corrected chi connectivity index (χ4v) is 2.48. The molecule has 0 aliphatic carbocycles. The maximum atomic E-state index is 13.4. The molecule has 0 saturated heterocycles. The van der Waals surface area contributed by atoms with Crippen molar-refractivity contribution in [1.29, 1.82) is 0 Å². The lowest BCUT2D eigenvalue weighted by molar-refractivity contribution is 0.0600. The van der Waals surface area contributed by atoms with Crippen LogP contribution in [0.2, 0.25) is 0 Å². The van der Waals surface area contributed by atoms with Gasteiger partial charge >= 0.3 is 5.97 Å². The first-order chi connectivity index (χ1) is 11.9. The van der Waals surface area contributed by atoms with Crippen LogP contribution in [0.25, 0.3) is 0 Å². The molecular weight excluding hydrogens is 323 g/mol. The molecule has 2 aromatic carbocycles. The Morgan fingerprint density at radius 3 is 2.32 bits per heavy atom. The number of nitrogens with zero attached hydrogens (tertiary/aromatic N) is 1. The van der Waals surface area contributed by atoms with E-state index < -0.39 is 5.97 Å². The van der Waals surface area contributed by atoms with E-state index in [1.807, 2.05) is 25.1 Å². The van der Waals surface area contributed by atoms with E-state index in [1.54, 1.807) is 18.2 Å². The summed E-state index contributed by atoms with van der Waals surface area (Å²) in [5.41, 5.74) is 1.60. The van der Waals surface area contributed by atoms with Crippen molar-refractivity contribution in [3.05, 3.63) is 71.0 Å². The minimum atomic E-state index is -0.453. The predicted octanol–water partition coefficient (Wildman–Crippen LogP) is 2.65. The summed E-state index contributed by atoms with van der Waals surface area (Å²) in [7, 11) is 5.04. The molecule has 0 aliphatic rings. The molecule has 0 aromatic heterocycles. The maximum Gasteiger partial charge on any atom is 0.337 e. The first-order valence-electron chi connectivity index (χ1n) is 7.81. The zero-order valence-electron chi connectivity index (χ0n) is 14.5. The Bertz CT molecular complexity index is 745. The van der Waals surface area contributed by atoms with Gasteiger partial charge in [0.2, 0.25) is 0 Å². The highest BCUT2D eigenvalue weighted by atomic mass is 19.1. The summed E-state index contributed by atoms with van der Waals surface area (Å²) >= 11 is 0. The standard InChI is InChI=1S/C19H21FN2O3/c1-22(2)17(15-5-4-6-16(20)11-15)12-21-18(23)13-7-9-14(10-8-13)19(24)25-3/h4-11,17H,12H2,1-3H3,(H,21,23). The van der Waals surface area contributed by atoms with Crippen molar-refractivity contribution in [3.63, 3.8) is 0 Å². The van der Waals surface area contributed by atoms with Crippen molar-refractivity contribution < 1.29 is 18.7 Å². The molecule has 0 spiro atoms. The summed E-state index contributed by atoms with van der Waals surface area (Å²) in [4.78, 5) is 25.6. The third kappa shape index (κ3) is 4.87. The SMILES string of the molecule is COC(=O)c1ccc(C(=O)NCC(c2cccc(F)c2)N(C)C)cc1. The van der Waals surface area contributed by atoms with E-state index in [9.17, 15) is 14.0 Å². The Kier molecular flexibility index (Phi) is 6.25. The van der Waals surface area contributed by atoms with Gasteiger partial charge in [-0.3, -0.25) is 4.79 Å². The minimum Gasteiger partial charge on any atom is -0.465 e. The van der Waals surface area contributed by atoms with E-state index in [4.69, 9.17) is 0 Å². The van der Waals surface area contributed by atoms with Gasteiger partial charge in [0, 0.05) is 12.1 Å². The van der Waals surface area contributed by atoms with Gasteiger partial charge in [0.15, 0.2) is 0 Å². The molecule has 25 heavy (non-hydrogen) atoms. The average molecular weight is 344 g/mol. The number of amides is 1. The van der Waals surface area contributed by atoms with Crippen LogP contribution in [0.1, 0.15) is 32.3 Å². The monoisotopic (exact) mass is 344 g/mol. The second-order valence-corrected chi connectivity index (χ2v) is 5.81. The summed E-state index contributed by atoms with van der Waals surface area (Å²) in [6.07, 6.45) is 0. The van der Waals surface area contributed by atoms with Crippen LogP contribution in [-0.4, -0.2) is 44.5 Å². The van der Waals surface area contributed by atoms with Gasteiger partial charge < -0.3 is 15.0 Å². The van der Waals surface area contributed by atoms with Gasteiger partial charge in [-0.25, -0.2) is 9.18 Å². The normalized spacial score (nSPS) is 11.9. The largest absolute Gasteiger partial charge is 0.465 e. The fourth-order valence-electron chi connectivity index (χ4n) is 2.48. The number of esters is 1. The number of hydrogen-bond donors (Lipinski definition) is 1. The summed E-state index contributed by atoms with van der Waals surface area (Å²) in [5.74, 6) is -1.03. The zero-order chi connectivity index (χ0) is 18.4. The average Bonchev–Trinajstić information content (AvgIpc) is 2.61. The van der Waals surface area contributed by atoms with E-state index in [1.165, 1.54) is 31.4 Å². The molecule has 1 amide bonds. The highest BCUT2D eigenvalue weighted by molar-refractivity contribution is 5.96. The van der Waals surface area contributed by atoms with Crippen LogP contribution >= 0.6 is 0 Å². The molecule has 1 atom stereocenters. The number of nitrogens with one attached hydrogen (secondary N) is 1. The van der Waals surface area contributed by atoms with Crippen LogP contribution in [-0.2, 0) is 4.74 Å². The van der Waals surface area contributed by atoms with Crippen molar-refractivity contribution in [1.82, 2.24) is 10.2 Å². The number of likely N-dealkylation sites (N-methyl/N-ethyl adjacent to an activating group) is 1. The summed E-state index contributed by atoms with van der Waals surface area (Å²) < 4.78 is 18.1. The Morgan fingerprint density at radius 2 is 1.76 bits per heavy atom. The molecule has 2 aromatic rings. The zero-order valence-corrected chi connectivity index (χ0v) is 14.5. The number of halogens is 1. The van der Waals surface area contributed by atoms with Gasteiger partial charge in [0.05, 0.1) is 18.7 Å². The molecule has 0 saturated carbocycles. The van der Waals surface area contributed by atoms with Crippen molar-refractivity contribution in [2.24, 2.45) is 0 Å². The van der Waals surface area contributed by atoms with Crippen molar-refractivity contribution in [3.8, 4) is 0 Å². The van der Waals surface area contributed by atoms with Gasteiger partial charge in [-0.2, -0.15) is 0 Å². The molecule has 6 heteroatoms. The molecule has 0 bridgehead atoms. The third-order valence-electron chi connectivity index (χ3n) is 3.88. The summed E-state index contributed by atoms with van der Waals surface area (Å²) in [6.45, 7) is 0.327. The smallest absolute Gasteiger partial charge is 0.337 e. The quantitative estimate of drug-likeness (QED) is 0.819. The van der Waals surface area contributed by atoms with Crippen LogP contribution < -0.4 is 5.32 Å². The molecule has 2 rings (SSSR count). The van der Waals surface area contributed by atoms with Gasteiger partial charge in [-0.05, 0) is 56.1 Å². The first kappa shape index (κ1) is 18.6. The van der Waals surface area contributed by atoms with Crippen molar-refractivity contribution in [2.45, 2.75) is 6.04 Å². The molecular formula is C19H21FN2O3.